The van der Waals surface area contributed by atoms with Crippen LogP contribution < -0.4 is 10.4 Å². The summed E-state index contributed by atoms with van der Waals surface area (Å²) in [4.78, 5) is 28.2. The Hall–Kier alpha value is -3.80. The molecule has 0 fully saturated rings. The average Bonchev–Trinajstić information content (AvgIpc) is 2.81. The summed E-state index contributed by atoms with van der Waals surface area (Å²) in [5.74, 6) is -0.275. The molecular formula is C27H29N3O3. The lowest BCUT2D eigenvalue weighted by Gasteiger charge is -2.38. The normalized spacial score (nSPS) is 15.4. The van der Waals surface area contributed by atoms with Gasteiger partial charge >= 0.3 is 6.09 Å². The summed E-state index contributed by atoms with van der Waals surface area (Å²) in [6, 6.07) is 26.4. The first-order valence-corrected chi connectivity index (χ1v) is 11.1. The lowest BCUT2D eigenvalue weighted by atomic mass is 9.94. The van der Waals surface area contributed by atoms with Crippen molar-refractivity contribution in [2.45, 2.75) is 45.4 Å². The van der Waals surface area contributed by atoms with E-state index >= 15 is 0 Å². The molecule has 0 spiro atoms. The highest BCUT2D eigenvalue weighted by atomic mass is 16.6. The van der Waals surface area contributed by atoms with Crippen LogP contribution in [0.1, 0.15) is 31.9 Å². The summed E-state index contributed by atoms with van der Waals surface area (Å²) in [7, 11) is 0. The van der Waals surface area contributed by atoms with Crippen molar-refractivity contribution in [3.63, 3.8) is 0 Å². The number of carbonyl (C=O) groups excluding carboxylic acids is 2. The number of hydrogen-bond acceptors (Lipinski definition) is 4. The molecule has 4 rings (SSSR count). The van der Waals surface area contributed by atoms with Crippen LogP contribution in [-0.2, 0) is 22.5 Å². The van der Waals surface area contributed by atoms with Crippen LogP contribution >= 0.6 is 0 Å². The summed E-state index contributed by atoms with van der Waals surface area (Å²) >= 11 is 0. The summed E-state index contributed by atoms with van der Waals surface area (Å²) in [5.41, 5.74) is 6.10. The van der Waals surface area contributed by atoms with Crippen molar-refractivity contribution in [1.82, 2.24) is 10.3 Å². The van der Waals surface area contributed by atoms with Gasteiger partial charge in [-0.25, -0.2) is 4.79 Å². The van der Waals surface area contributed by atoms with Crippen molar-refractivity contribution in [3.05, 3.63) is 96.1 Å². The van der Waals surface area contributed by atoms with Gasteiger partial charge in [0.05, 0.1) is 17.9 Å². The molecule has 3 aromatic carbocycles. The van der Waals surface area contributed by atoms with Crippen molar-refractivity contribution in [1.29, 1.82) is 0 Å². The molecule has 1 atom stereocenters. The highest BCUT2D eigenvalue weighted by Crippen LogP contribution is 2.27. The minimum atomic E-state index is -0.704. The Morgan fingerprint density at radius 3 is 1.91 bits per heavy atom. The molecule has 0 bridgehead atoms. The van der Waals surface area contributed by atoms with Crippen molar-refractivity contribution in [2.24, 2.45) is 0 Å². The van der Waals surface area contributed by atoms with Crippen LogP contribution in [0.25, 0.3) is 0 Å². The number of para-hydroxylation sites is 2. The van der Waals surface area contributed by atoms with Gasteiger partial charge in [0.1, 0.15) is 11.6 Å². The zero-order valence-corrected chi connectivity index (χ0v) is 19.2. The van der Waals surface area contributed by atoms with Crippen LogP contribution in [0, 0.1) is 0 Å². The van der Waals surface area contributed by atoms with Gasteiger partial charge in [-0.3, -0.25) is 20.1 Å². The molecule has 0 aromatic heterocycles. The summed E-state index contributed by atoms with van der Waals surface area (Å²) in [5, 5.41) is 1.75. The van der Waals surface area contributed by atoms with Gasteiger partial charge in [-0.1, -0.05) is 60.7 Å². The minimum Gasteiger partial charge on any atom is -0.444 e. The van der Waals surface area contributed by atoms with Crippen molar-refractivity contribution < 1.29 is 14.3 Å². The van der Waals surface area contributed by atoms with Gasteiger partial charge < -0.3 is 4.74 Å². The predicted octanol–water partition coefficient (Wildman–Crippen LogP) is 5.22. The van der Waals surface area contributed by atoms with E-state index in [0.29, 0.717) is 13.0 Å². The number of hydrogen-bond donors (Lipinski definition) is 1. The smallest absolute Gasteiger partial charge is 0.411 e. The molecule has 0 saturated heterocycles. The maximum absolute atomic E-state index is 13.6. The molecule has 1 N–H and O–H groups in total. The largest absolute Gasteiger partial charge is 0.444 e. The van der Waals surface area contributed by atoms with Crippen LogP contribution in [0.4, 0.5) is 16.2 Å². The SMILES string of the molecule is CC(C)(C)OC(=O)N1Cc2ccccc2C[C@@H]1C(=O)NN(c1ccccc1)c1ccccc1. The zero-order valence-electron chi connectivity index (χ0n) is 19.2. The Bertz CT molecular complexity index is 1070. The third kappa shape index (κ3) is 5.34. The lowest BCUT2D eigenvalue weighted by molar-refractivity contribution is -0.127. The van der Waals surface area contributed by atoms with E-state index in [2.05, 4.69) is 5.43 Å². The number of fused-ring (bicyclic) bond motifs is 1. The Morgan fingerprint density at radius 1 is 0.848 bits per heavy atom. The molecule has 0 saturated carbocycles. The van der Waals surface area contributed by atoms with Gasteiger partial charge in [0.15, 0.2) is 0 Å². The lowest BCUT2D eigenvalue weighted by Crippen LogP contribution is -2.56. The minimum absolute atomic E-state index is 0.275. The van der Waals surface area contributed by atoms with Gasteiger partial charge in [0.2, 0.25) is 0 Å². The molecule has 0 unspecified atom stereocenters. The zero-order chi connectivity index (χ0) is 23.4. The number of benzene rings is 3. The third-order valence-electron chi connectivity index (χ3n) is 5.43. The molecule has 0 radical (unpaired) electrons. The van der Waals surface area contributed by atoms with Crippen molar-refractivity contribution in [2.75, 3.05) is 5.01 Å². The van der Waals surface area contributed by atoms with Crippen LogP contribution in [0.2, 0.25) is 0 Å². The van der Waals surface area contributed by atoms with Gasteiger partial charge in [-0.15, -0.1) is 0 Å². The number of anilines is 2. The number of nitrogens with one attached hydrogen (secondary N) is 1. The Balaban J connectivity index is 1.65. The maximum Gasteiger partial charge on any atom is 0.411 e. The van der Waals surface area contributed by atoms with Gasteiger partial charge in [0, 0.05) is 6.42 Å². The van der Waals surface area contributed by atoms with E-state index in [1.807, 2.05) is 106 Å². The van der Waals surface area contributed by atoms with Gasteiger partial charge in [-0.2, -0.15) is 0 Å². The molecule has 2 amide bonds. The van der Waals surface area contributed by atoms with Crippen LogP contribution in [0.5, 0.6) is 0 Å². The number of hydrazine groups is 1. The summed E-state index contributed by atoms with van der Waals surface area (Å²) in [6.45, 7) is 5.79. The fourth-order valence-electron chi connectivity index (χ4n) is 3.89. The molecule has 6 heteroatoms. The number of ether oxygens (including phenoxy) is 1. The first kappa shape index (κ1) is 22.4. The van der Waals surface area contributed by atoms with E-state index in [4.69, 9.17) is 4.74 Å². The number of amides is 2. The third-order valence-corrected chi connectivity index (χ3v) is 5.43. The first-order valence-electron chi connectivity index (χ1n) is 11.1. The Kier molecular flexibility index (Phi) is 6.36. The second-order valence-electron chi connectivity index (χ2n) is 9.08. The van der Waals surface area contributed by atoms with E-state index in [9.17, 15) is 9.59 Å². The highest BCUT2D eigenvalue weighted by Gasteiger charge is 2.37. The van der Waals surface area contributed by atoms with Crippen molar-refractivity contribution in [3.8, 4) is 0 Å². The quantitative estimate of drug-likeness (QED) is 0.562. The highest BCUT2D eigenvalue weighted by molar-refractivity contribution is 5.89. The van der Waals surface area contributed by atoms with E-state index < -0.39 is 17.7 Å². The van der Waals surface area contributed by atoms with Gasteiger partial charge in [0.25, 0.3) is 5.91 Å². The predicted molar refractivity (Wildman–Crippen MR) is 129 cm³/mol. The molecule has 170 valence electrons. The average molecular weight is 444 g/mol. The second kappa shape index (κ2) is 9.36. The number of nitrogens with zero attached hydrogens (tertiary/aromatic N) is 2. The molecule has 1 heterocycles. The summed E-state index contributed by atoms with van der Waals surface area (Å²) in [6.07, 6.45) is -0.0818. The van der Waals surface area contributed by atoms with Crippen molar-refractivity contribution >= 4 is 23.4 Å². The number of carbonyl (C=O) groups is 2. The molecule has 1 aliphatic heterocycles. The first-order chi connectivity index (χ1) is 15.8. The molecule has 3 aromatic rings. The fraction of sp³-hybridized carbons (Fsp3) is 0.259. The monoisotopic (exact) mass is 443 g/mol. The molecule has 0 aliphatic carbocycles. The van der Waals surface area contributed by atoms with E-state index in [0.717, 1.165) is 22.5 Å². The van der Waals surface area contributed by atoms with Crippen LogP contribution in [0.3, 0.4) is 0 Å². The topological polar surface area (TPSA) is 61.9 Å². The van der Waals surface area contributed by atoms with E-state index in [-0.39, 0.29) is 5.91 Å². The molecule has 1 aliphatic rings. The Labute approximate surface area is 194 Å². The fourth-order valence-corrected chi connectivity index (χ4v) is 3.89. The van der Waals surface area contributed by atoms with E-state index in [1.54, 1.807) is 5.01 Å². The molecule has 33 heavy (non-hydrogen) atoms. The second-order valence-corrected chi connectivity index (χ2v) is 9.08. The number of rotatable bonds is 4. The molecule has 6 nitrogen and oxygen atoms in total. The van der Waals surface area contributed by atoms with Crippen LogP contribution in [0.15, 0.2) is 84.9 Å². The van der Waals surface area contributed by atoms with E-state index in [1.165, 1.54) is 4.90 Å². The maximum atomic E-state index is 13.6. The van der Waals surface area contributed by atoms with Crippen LogP contribution in [-0.4, -0.2) is 28.5 Å². The Morgan fingerprint density at radius 2 is 1.36 bits per heavy atom. The summed E-state index contributed by atoms with van der Waals surface area (Å²) < 4.78 is 5.64. The standard InChI is InChI=1S/C27H29N3O3/c1-27(2,3)33-26(32)29-19-21-13-11-10-12-20(21)18-24(29)25(31)28-30(22-14-6-4-7-15-22)23-16-8-5-9-17-23/h4-17,24H,18-19H2,1-3H3,(H,28,31)/t24-/m1/s1. The van der Waals surface area contributed by atoms with Gasteiger partial charge in [-0.05, 0) is 56.2 Å². The molecular weight excluding hydrogens is 414 g/mol.